The van der Waals surface area contributed by atoms with Gasteiger partial charge < -0.3 is 15.4 Å². The second-order valence-electron chi connectivity index (χ2n) is 8.50. The monoisotopic (exact) mass is 530 g/mol. The van der Waals surface area contributed by atoms with E-state index in [1.807, 2.05) is 67.6 Å². The molecule has 0 spiro atoms. The van der Waals surface area contributed by atoms with Crippen molar-refractivity contribution in [1.82, 2.24) is 9.97 Å². The second-order valence-corrected chi connectivity index (χ2v) is 10.5. The number of benzene rings is 3. The molecule has 0 atom stereocenters. The molecule has 4 aromatic rings. The number of nitrogens with one attached hydrogen (secondary N) is 3. The molecule has 0 bridgehead atoms. The molecule has 10 heteroatoms. The highest BCUT2D eigenvalue weighted by Crippen LogP contribution is 2.34. The third-order valence-electron chi connectivity index (χ3n) is 5.63. The molecule has 0 saturated heterocycles. The summed E-state index contributed by atoms with van der Waals surface area (Å²) in [5.74, 6) is 1.51. The molecular formula is C28H30N6O3S. The Morgan fingerprint density at radius 1 is 0.895 bits per heavy atom. The molecule has 3 aromatic carbocycles. The van der Waals surface area contributed by atoms with Crippen LogP contribution in [0.2, 0.25) is 0 Å². The lowest BCUT2D eigenvalue weighted by Gasteiger charge is -2.17. The van der Waals surface area contributed by atoms with Crippen molar-refractivity contribution in [2.75, 3.05) is 42.6 Å². The Kier molecular flexibility index (Phi) is 8.67. The summed E-state index contributed by atoms with van der Waals surface area (Å²) in [6.45, 7) is 2.89. The van der Waals surface area contributed by atoms with Gasteiger partial charge in [0.1, 0.15) is 5.82 Å². The number of anilines is 4. The van der Waals surface area contributed by atoms with Gasteiger partial charge in [-0.05, 0) is 42.3 Å². The Hall–Kier alpha value is -4.28. The highest BCUT2D eigenvalue weighted by molar-refractivity contribution is 7.90. The van der Waals surface area contributed by atoms with Gasteiger partial charge in [0.25, 0.3) is 0 Å². The highest BCUT2D eigenvalue weighted by atomic mass is 32.2. The third-order valence-corrected chi connectivity index (χ3v) is 6.76. The van der Waals surface area contributed by atoms with E-state index in [0.717, 1.165) is 22.4 Å². The summed E-state index contributed by atoms with van der Waals surface area (Å²) in [6.07, 6.45) is 1.18. The molecule has 0 radical (unpaired) electrons. The molecule has 0 aliphatic carbocycles. The minimum absolute atomic E-state index is 0.257. The number of rotatable bonds is 11. The van der Waals surface area contributed by atoms with E-state index in [4.69, 9.17) is 14.7 Å². The van der Waals surface area contributed by atoms with Crippen LogP contribution in [-0.2, 0) is 14.6 Å². The van der Waals surface area contributed by atoms with E-state index < -0.39 is 9.84 Å². The van der Waals surface area contributed by atoms with Crippen LogP contribution in [0.5, 0.6) is 0 Å². The van der Waals surface area contributed by atoms with Crippen molar-refractivity contribution in [2.45, 2.75) is 11.8 Å². The summed E-state index contributed by atoms with van der Waals surface area (Å²) in [6, 6.07) is 26.1. The summed E-state index contributed by atoms with van der Waals surface area (Å²) in [4.78, 5) is 9.77. The van der Waals surface area contributed by atoms with Crippen molar-refractivity contribution in [1.29, 1.82) is 0 Å². The molecule has 0 unspecified atom stereocenters. The number of methoxy groups -OCH3 is 1. The van der Waals surface area contributed by atoms with E-state index in [2.05, 4.69) is 21.2 Å². The summed E-state index contributed by atoms with van der Waals surface area (Å²) < 4.78 is 28.8. The van der Waals surface area contributed by atoms with Crippen LogP contribution in [0.3, 0.4) is 0 Å². The molecule has 0 amide bonds. The Bertz CT molecular complexity index is 1490. The molecule has 1 aromatic heterocycles. The third kappa shape index (κ3) is 6.93. The normalized spacial score (nSPS) is 11.7. The van der Waals surface area contributed by atoms with E-state index in [1.54, 1.807) is 31.4 Å². The minimum atomic E-state index is -3.28. The van der Waals surface area contributed by atoms with Crippen molar-refractivity contribution in [3.05, 3.63) is 90.5 Å². The Morgan fingerprint density at radius 2 is 1.53 bits per heavy atom. The van der Waals surface area contributed by atoms with Gasteiger partial charge in [0.2, 0.25) is 5.95 Å². The predicted octanol–water partition coefficient (Wildman–Crippen LogP) is 5.19. The van der Waals surface area contributed by atoms with E-state index >= 15 is 0 Å². The molecule has 9 nitrogen and oxygen atoms in total. The van der Waals surface area contributed by atoms with Crippen LogP contribution in [0.25, 0.3) is 11.1 Å². The fourth-order valence-electron chi connectivity index (χ4n) is 3.67. The molecule has 38 heavy (non-hydrogen) atoms. The van der Waals surface area contributed by atoms with Crippen molar-refractivity contribution in [2.24, 2.45) is 5.10 Å². The second kappa shape index (κ2) is 12.3. The summed E-state index contributed by atoms with van der Waals surface area (Å²) in [7, 11) is -1.63. The number of nitrogens with zero attached hydrogens (tertiary/aromatic N) is 3. The lowest BCUT2D eigenvalue weighted by atomic mass is 10.1. The molecular weight excluding hydrogens is 500 g/mol. The van der Waals surface area contributed by atoms with Gasteiger partial charge in [-0.3, -0.25) is 5.43 Å². The quantitative estimate of drug-likeness (QED) is 0.138. The number of para-hydroxylation sites is 1. The first kappa shape index (κ1) is 26.8. The Labute approximate surface area is 222 Å². The standard InChI is InChI=1S/C28H30N6O3S/c1-20(21-14-16-24(17-15-21)38(3,35)36)33-34-27-25(22-10-6-4-7-11-22)26(29-18-19-37-2)31-28(32-27)30-23-12-8-5-9-13-23/h4-17H,18-19H2,1-3H3,(H3,29,30,31,32,34). The average Bonchev–Trinajstić information content (AvgIpc) is 2.92. The topological polar surface area (TPSA) is 118 Å². The zero-order valence-electron chi connectivity index (χ0n) is 21.5. The van der Waals surface area contributed by atoms with Crippen LogP contribution in [0.4, 0.5) is 23.3 Å². The van der Waals surface area contributed by atoms with Crippen molar-refractivity contribution >= 4 is 38.8 Å². The average molecular weight is 531 g/mol. The van der Waals surface area contributed by atoms with Gasteiger partial charge in [0.15, 0.2) is 15.7 Å². The summed E-state index contributed by atoms with van der Waals surface area (Å²) in [5, 5.41) is 11.2. The Morgan fingerprint density at radius 3 is 2.16 bits per heavy atom. The Balaban J connectivity index is 1.75. The van der Waals surface area contributed by atoms with Crippen LogP contribution in [0.15, 0.2) is 94.9 Å². The minimum Gasteiger partial charge on any atom is -0.383 e. The number of hydrazone groups is 1. The molecule has 3 N–H and O–H groups in total. The first-order valence-corrected chi connectivity index (χ1v) is 13.9. The molecule has 0 aliphatic heterocycles. The van der Waals surface area contributed by atoms with E-state index in [9.17, 15) is 8.42 Å². The smallest absolute Gasteiger partial charge is 0.231 e. The van der Waals surface area contributed by atoms with Gasteiger partial charge in [-0.2, -0.15) is 15.1 Å². The lowest BCUT2D eigenvalue weighted by molar-refractivity contribution is 0.210. The van der Waals surface area contributed by atoms with Crippen LogP contribution >= 0.6 is 0 Å². The SMILES string of the molecule is COCCNc1nc(Nc2ccccc2)nc(NN=C(C)c2ccc(S(C)(=O)=O)cc2)c1-c1ccccc1. The number of ether oxygens (including phenoxy) is 1. The molecule has 0 aliphatic rings. The molecule has 0 saturated carbocycles. The first-order chi connectivity index (χ1) is 18.3. The number of aromatic nitrogens is 2. The van der Waals surface area contributed by atoms with E-state index in [0.29, 0.717) is 36.4 Å². The molecule has 196 valence electrons. The van der Waals surface area contributed by atoms with Gasteiger partial charge in [-0.15, -0.1) is 0 Å². The van der Waals surface area contributed by atoms with Gasteiger partial charge in [0, 0.05) is 25.6 Å². The van der Waals surface area contributed by atoms with Gasteiger partial charge in [-0.1, -0.05) is 60.7 Å². The fourth-order valence-corrected chi connectivity index (χ4v) is 4.30. The van der Waals surface area contributed by atoms with Gasteiger partial charge >= 0.3 is 0 Å². The molecule has 0 fully saturated rings. The largest absolute Gasteiger partial charge is 0.383 e. The predicted molar refractivity (Wildman–Crippen MR) is 153 cm³/mol. The molecule has 4 rings (SSSR count). The van der Waals surface area contributed by atoms with E-state index in [1.165, 1.54) is 6.26 Å². The lowest BCUT2D eigenvalue weighted by Crippen LogP contribution is -2.13. The molecule has 1 heterocycles. The number of hydrogen-bond donors (Lipinski definition) is 3. The first-order valence-electron chi connectivity index (χ1n) is 12.0. The maximum Gasteiger partial charge on any atom is 0.231 e. The van der Waals surface area contributed by atoms with Crippen molar-refractivity contribution in [3.8, 4) is 11.1 Å². The van der Waals surface area contributed by atoms with Crippen LogP contribution in [0, 0.1) is 0 Å². The highest BCUT2D eigenvalue weighted by Gasteiger charge is 2.17. The fraction of sp³-hybridized carbons (Fsp3) is 0.179. The maximum atomic E-state index is 11.8. The van der Waals surface area contributed by atoms with Crippen LogP contribution in [0.1, 0.15) is 12.5 Å². The number of sulfone groups is 1. The van der Waals surface area contributed by atoms with Gasteiger partial charge in [-0.25, -0.2) is 8.42 Å². The van der Waals surface area contributed by atoms with Crippen molar-refractivity contribution in [3.63, 3.8) is 0 Å². The zero-order valence-corrected chi connectivity index (χ0v) is 22.3. The van der Waals surface area contributed by atoms with Crippen LogP contribution < -0.4 is 16.1 Å². The maximum absolute atomic E-state index is 11.8. The van der Waals surface area contributed by atoms with E-state index in [-0.39, 0.29) is 4.90 Å². The van der Waals surface area contributed by atoms with Crippen molar-refractivity contribution < 1.29 is 13.2 Å². The number of hydrogen-bond acceptors (Lipinski definition) is 9. The summed E-state index contributed by atoms with van der Waals surface area (Å²) in [5.41, 5.74) is 7.07. The van der Waals surface area contributed by atoms with Gasteiger partial charge in [0.05, 0.1) is 22.8 Å². The summed E-state index contributed by atoms with van der Waals surface area (Å²) >= 11 is 0. The zero-order chi connectivity index (χ0) is 27.0. The van der Waals surface area contributed by atoms with Crippen LogP contribution in [-0.4, -0.2) is 50.6 Å².